The number of hydrogen-bond donors (Lipinski definition) is 1. The SMILES string of the molecule is C=CCCCNC1CC1(C)C. The van der Waals surface area contributed by atoms with Gasteiger partial charge in [0, 0.05) is 6.04 Å². The van der Waals surface area contributed by atoms with Crippen LogP contribution in [-0.4, -0.2) is 12.6 Å². The molecule has 0 radical (unpaired) electrons. The molecule has 0 spiro atoms. The molecule has 0 saturated heterocycles. The van der Waals surface area contributed by atoms with Crippen molar-refractivity contribution in [3.63, 3.8) is 0 Å². The summed E-state index contributed by atoms with van der Waals surface area (Å²) in [4.78, 5) is 0. The number of rotatable bonds is 5. The van der Waals surface area contributed by atoms with Gasteiger partial charge >= 0.3 is 0 Å². The Kier molecular flexibility index (Phi) is 2.72. The van der Waals surface area contributed by atoms with Crippen molar-refractivity contribution in [2.45, 2.75) is 39.2 Å². The van der Waals surface area contributed by atoms with Crippen LogP contribution in [0.2, 0.25) is 0 Å². The molecule has 1 saturated carbocycles. The number of hydrogen-bond acceptors (Lipinski definition) is 1. The first-order chi connectivity index (χ1) is 5.17. The minimum atomic E-state index is 0.578. The van der Waals surface area contributed by atoms with Gasteiger partial charge < -0.3 is 5.32 Å². The van der Waals surface area contributed by atoms with Crippen LogP contribution in [0.25, 0.3) is 0 Å². The van der Waals surface area contributed by atoms with E-state index in [-0.39, 0.29) is 0 Å². The molecule has 11 heavy (non-hydrogen) atoms. The Bertz CT molecular complexity index is 138. The summed E-state index contributed by atoms with van der Waals surface area (Å²) in [7, 11) is 0. The van der Waals surface area contributed by atoms with Gasteiger partial charge in [0.2, 0.25) is 0 Å². The van der Waals surface area contributed by atoms with Gasteiger partial charge in [-0.1, -0.05) is 19.9 Å². The van der Waals surface area contributed by atoms with Crippen molar-refractivity contribution in [3.05, 3.63) is 12.7 Å². The number of unbranched alkanes of at least 4 members (excludes halogenated alkanes) is 1. The summed E-state index contributed by atoms with van der Waals surface area (Å²) in [6.07, 6.45) is 5.71. The molecule has 1 atom stereocenters. The van der Waals surface area contributed by atoms with Gasteiger partial charge in [-0.2, -0.15) is 0 Å². The molecule has 1 N–H and O–H groups in total. The predicted octanol–water partition coefficient (Wildman–Crippen LogP) is 2.34. The van der Waals surface area contributed by atoms with E-state index in [2.05, 4.69) is 25.7 Å². The number of nitrogens with one attached hydrogen (secondary N) is 1. The number of allylic oxidation sites excluding steroid dienone is 1. The Balaban J connectivity index is 1.94. The van der Waals surface area contributed by atoms with Gasteiger partial charge in [0.1, 0.15) is 0 Å². The second kappa shape index (κ2) is 3.40. The van der Waals surface area contributed by atoms with E-state index in [1.54, 1.807) is 0 Å². The Morgan fingerprint density at radius 1 is 1.64 bits per heavy atom. The van der Waals surface area contributed by atoms with Crippen molar-refractivity contribution in [3.8, 4) is 0 Å². The van der Waals surface area contributed by atoms with E-state index in [0.717, 1.165) is 19.0 Å². The lowest BCUT2D eigenvalue weighted by molar-refractivity contribution is 0.536. The van der Waals surface area contributed by atoms with E-state index in [0.29, 0.717) is 5.41 Å². The Hall–Kier alpha value is -0.300. The van der Waals surface area contributed by atoms with E-state index >= 15 is 0 Å². The monoisotopic (exact) mass is 153 g/mol. The molecule has 0 aliphatic heterocycles. The highest BCUT2D eigenvalue weighted by molar-refractivity contribution is 5.01. The van der Waals surface area contributed by atoms with Gasteiger partial charge in [0.15, 0.2) is 0 Å². The predicted molar refractivity (Wildman–Crippen MR) is 49.6 cm³/mol. The average Bonchev–Trinajstić information content (AvgIpc) is 2.52. The first kappa shape index (κ1) is 8.79. The summed E-state index contributed by atoms with van der Waals surface area (Å²) in [5.41, 5.74) is 0.578. The maximum absolute atomic E-state index is 3.69. The van der Waals surface area contributed by atoms with Crippen molar-refractivity contribution in [1.82, 2.24) is 5.32 Å². The molecular formula is C10H19N. The second-order valence-corrected chi connectivity index (χ2v) is 4.13. The summed E-state index contributed by atoms with van der Waals surface area (Å²) in [5.74, 6) is 0. The van der Waals surface area contributed by atoms with Crippen LogP contribution in [0, 0.1) is 5.41 Å². The topological polar surface area (TPSA) is 12.0 Å². The van der Waals surface area contributed by atoms with Gasteiger partial charge in [-0.3, -0.25) is 0 Å². The highest BCUT2D eigenvalue weighted by Crippen LogP contribution is 2.44. The first-order valence-corrected chi connectivity index (χ1v) is 4.51. The Morgan fingerprint density at radius 3 is 2.73 bits per heavy atom. The standard InChI is InChI=1S/C10H19N/c1-4-5-6-7-11-9-8-10(9,2)3/h4,9,11H,1,5-8H2,2-3H3. The van der Waals surface area contributed by atoms with Crippen LogP contribution in [0.15, 0.2) is 12.7 Å². The molecule has 1 aliphatic carbocycles. The third-order valence-corrected chi connectivity index (χ3v) is 2.49. The molecule has 1 nitrogen and oxygen atoms in total. The maximum Gasteiger partial charge on any atom is 0.0124 e. The molecular weight excluding hydrogens is 134 g/mol. The van der Waals surface area contributed by atoms with E-state index in [1.807, 2.05) is 6.08 Å². The summed E-state index contributed by atoms with van der Waals surface area (Å²) >= 11 is 0. The fourth-order valence-electron chi connectivity index (χ4n) is 1.34. The van der Waals surface area contributed by atoms with Crippen molar-refractivity contribution in [2.24, 2.45) is 5.41 Å². The molecule has 1 fully saturated rings. The zero-order valence-corrected chi connectivity index (χ0v) is 7.69. The molecule has 0 aromatic heterocycles. The van der Waals surface area contributed by atoms with Crippen molar-refractivity contribution in [2.75, 3.05) is 6.54 Å². The molecule has 1 aliphatic rings. The fraction of sp³-hybridized carbons (Fsp3) is 0.800. The van der Waals surface area contributed by atoms with E-state index < -0.39 is 0 Å². The van der Waals surface area contributed by atoms with E-state index in [4.69, 9.17) is 0 Å². The zero-order chi connectivity index (χ0) is 8.32. The lowest BCUT2D eigenvalue weighted by atomic mass is 10.2. The lowest BCUT2D eigenvalue weighted by Gasteiger charge is -2.04. The first-order valence-electron chi connectivity index (χ1n) is 4.51. The zero-order valence-electron chi connectivity index (χ0n) is 7.69. The quantitative estimate of drug-likeness (QED) is 0.472. The molecule has 1 heteroatoms. The summed E-state index contributed by atoms with van der Waals surface area (Å²) in [6.45, 7) is 9.48. The summed E-state index contributed by atoms with van der Waals surface area (Å²) in [5, 5.41) is 3.53. The average molecular weight is 153 g/mol. The maximum atomic E-state index is 3.69. The van der Waals surface area contributed by atoms with Gasteiger partial charge in [0.25, 0.3) is 0 Å². The lowest BCUT2D eigenvalue weighted by Crippen LogP contribution is -2.21. The molecule has 0 aromatic rings. The van der Waals surface area contributed by atoms with Crippen LogP contribution >= 0.6 is 0 Å². The molecule has 0 amide bonds. The normalized spacial score (nSPS) is 26.5. The van der Waals surface area contributed by atoms with E-state index in [1.165, 1.54) is 12.8 Å². The van der Waals surface area contributed by atoms with Crippen LogP contribution < -0.4 is 5.32 Å². The van der Waals surface area contributed by atoms with Gasteiger partial charge in [0.05, 0.1) is 0 Å². The summed E-state index contributed by atoms with van der Waals surface area (Å²) in [6, 6.07) is 0.785. The Labute approximate surface area is 69.9 Å². The highest BCUT2D eigenvalue weighted by Gasteiger charge is 2.44. The second-order valence-electron chi connectivity index (χ2n) is 4.13. The molecule has 1 unspecified atom stereocenters. The Morgan fingerprint density at radius 2 is 2.27 bits per heavy atom. The van der Waals surface area contributed by atoms with E-state index in [9.17, 15) is 0 Å². The van der Waals surface area contributed by atoms with Crippen molar-refractivity contribution in [1.29, 1.82) is 0 Å². The summed E-state index contributed by atoms with van der Waals surface area (Å²) < 4.78 is 0. The minimum Gasteiger partial charge on any atom is -0.313 e. The van der Waals surface area contributed by atoms with Crippen LogP contribution in [0.5, 0.6) is 0 Å². The fourth-order valence-corrected chi connectivity index (χ4v) is 1.34. The van der Waals surface area contributed by atoms with Gasteiger partial charge in [-0.05, 0) is 31.2 Å². The molecule has 64 valence electrons. The van der Waals surface area contributed by atoms with Gasteiger partial charge in [-0.15, -0.1) is 6.58 Å². The van der Waals surface area contributed by atoms with Crippen molar-refractivity contribution < 1.29 is 0 Å². The largest absolute Gasteiger partial charge is 0.313 e. The third-order valence-electron chi connectivity index (χ3n) is 2.49. The van der Waals surface area contributed by atoms with Crippen molar-refractivity contribution >= 4 is 0 Å². The molecule has 1 rings (SSSR count). The smallest absolute Gasteiger partial charge is 0.0124 e. The molecule has 0 heterocycles. The molecule has 0 bridgehead atoms. The van der Waals surface area contributed by atoms with Crippen LogP contribution in [0.1, 0.15) is 33.1 Å². The minimum absolute atomic E-state index is 0.578. The highest BCUT2D eigenvalue weighted by atomic mass is 15.0. The van der Waals surface area contributed by atoms with Crippen LogP contribution in [0.4, 0.5) is 0 Å². The molecule has 0 aromatic carbocycles. The van der Waals surface area contributed by atoms with Gasteiger partial charge in [-0.25, -0.2) is 0 Å². The van der Waals surface area contributed by atoms with Crippen LogP contribution in [0.3, 0.4) is 0 Å². The van der Waals surface area contributed by atoms with Crippen LogP contribution in [-0.2, 0) is 0 Å². The third kappa shape index (κ3) is 2.66.